The van der Waals surface area contributed by atoms with Crippen molar-refractivity contribution in [3.8, 4) is 11.1 Å². The van der Waals surface area contributed by atoms with Crippen LogP contribution in [0, 0.1) is 5.82 Å². The predicted octanol–water partition coefficient (Wildman–Crippen LogP) is 3.39. The molecule has 1 aromatic carbocycles. The van der Waals surface area contributed by atoms with Crippen LogP contribution in [0.25, 0.3) is 11.1 Å². The Labute approximate surface area is 107 Å². The molecule has 2 nitrogen and oxygen atoms in total. The summed E-state index contributed by atoms with van der Waals surface area (Å²) in [6, 6.07) is 9.15. The number of nitrogens with one attached hydrogen (secondary N) is 1. The van der Waals surface area contributed by atoms with E-state index in [1.807, 2.05) is 12.1 Å². The summed E-state index contributed by atoms with van der Waals surface area (Å²) in [6.45, 7) is 4.93. The Hall–Kier alpha value is -1.74. The van der Waals surface area contributed by atoms with E-state index < -0.39 is 0 Å². The molecule has 0 amide bonds. The molecular weight excluding hydrogens is 227 g/mol. The summed E-state index contributed by atoms with van der Waals surface area (Å²) in [5.41, 5.74) is 2.47. The Bertz CT molecular complexity index is 523. The third-order valence-electron chi connectivity index (χ3n) is 2.69. The lowest BCUT2D eigenvalue weighted by molar-refractivity contribution is 0.588. The molecule has 2 rings (SSSR count). The van der Waals surface area contributed by atoms with E-state index in [1.165, 1.54) is 6.07 Å². The molecule has 1 N–H and O–H groups in total. The van der Waals surface area contributed by atoms with Crippen LogP contribution in [0.5, 0.6) is 0 Å². The van der Waals surface area contributed by atoms with Crippen molar-refractivity contribution in [2.75, 3.05) is 0 Å². The van der Waals surface area contributed by atoms with Gasteiger partial charge in [-0.25, -0.2) is 4.39 Å². The predicted molar refractivity (Wildman–Crippen MR) is 71.6 cm³/mol. The number of rotatable bonds is 4. The van der Waals surface area contributed by atoms with Crippen LogP contribution in [0.15, 0.2) is 42.7 Å². The lowest BCUT2D eigenvalue weighted by atomic mass is 10.1. The van der Waals surface area contributed by atoms with Crippen LogP contribution in [0.4, 0.5) is 4.39 Å². The van der Waals surface area contributed by atoms with Crippen LogP contribution < -0.4 is 5.32 Å². The number of pyridine rings is 1. The molecule has 0 spiro atoms. The first-order valence-corrected chi connectivity index (χ1v) is 6.09. The van der Waals surface area contributed by atoms with E-state index in [-0.39, 0.29) is 5.82 Å². The second-order valence-corrected chi connectivity index (χ2v) is 4.60. The quantitative estimate of drug-likeness (QED) is 0.891. The molecule has 0 unspecified atom stereocenters. The monoisotopic (exact) mass is 244 g/mol. The maximum atomic E-state index is 13.7. The zero-order valence-electron chi connectivity index (χ0n) is 10.7. The molecule has 0 bridgehead atoms. The van der Waals surface area contributed by atoms with Crippen LogP contribution >= 0.6 is 0 Å². The maximum absolute atomic E-state index is 13.7. The van der Waals surface area contributed by atoms with E-state index in [4.69, 9.17) is 0 Å². The Morgan fingerprint density at radius 2 is 2.00 bits per heavy atom. The van der Waals surface area contributed by atoms with Crippen molar-refractivity contribution < 1.29 is 4.39 Å². The van der Waals surface area contributed by atoms with Gasteiger partial charge < -0.3 is 5.32 Å². The molecule has 0 fully saturated rings. The van der Waals surface area contributed by atoms with Gasteiger partial charge in [-0.2, -0.15) is 0 Å². The number of aromatic nitrogens is 1. The molecule has 1 aromatic heterocycles. The van der Waals surface area contributed by atoms with Crippen LogP contribution in [0.2, 0.25) is 0 Å². The van der Waals surface area contributed by atoms with E-state index in [9.17, 15) is 4.39 Å². The van der Waals surface area contributed by atoms with Gasteiger partial charge >= 0.3 is 0 Å². The average molecular weight is 244 g/mol. The van der Waals surface area contributed by atoms with Crippen molar-refractivity contribution in [3.63, 3.8) is 0 Å². The smallest absolute Gasteiger partial charge is 0.131 e. The molecular formula is C15H17FN2. The summed E-state index contributed by atoms with van der Waals surface area (Å²) in [4.78, 5) is 4.17. The van der Waals surface area contributed by atoms with Gasteiger partial charge in [-0.3, -0.25) is 4.98 Å². The highest BCUT2D eigenvalue weighted by atomic mass is 19.1. The second-order valence-electron chi connectivity index (χ2n) is 4.60. The zero-order chi connectivity index (χ0) is 13.0. The molecule has 0 radical (unpaired) electrons. The number of nitrogens with zero attached hydrogens (tertiary/aromatic N) is 1. The molecule has 94 valence electrons. The van der Waals surface area contributed by atoms with Crippen LogP contribution in [-0.2, 0) is 6.54 Å². The van der Waals surface area contributed by atoms with E-state index >= 15 is 0 Å². The molecule has 2 aromatic rings. The summed E-state index contributed by atoms with van der Waals surface area (Å²) >= 11 is 0. The van der Waals surface area contributed by atoms with Gasteiger partial charge in [0.25, 0.3) is 0 Å². The average Bonchev–Trinajstić information content (AvgIpc) is 2.37. The first-order valence-electron chi connectivity index (χ1n) is 6.09. The van der Waals surface area contributed by atoms with Crippen LogP contribution in [-0.4, -0.2) is 11.0 Å². The van der Waals surface area contributed by atoms with Gasteiger partial charge in [0.15, 0.2) is 0 Å². The summed E-state index contributed by atoms with van der Waals surface area (Å²) in [6.07, 6.45) is 3.50. The van der Waals surface area contributed by atoms with Gasteiger partial charge in [-0.1, -0.05) is 32.0 Å². The van der Waals surface area contributed by atoms with Gasteiger partial charge in [-0.15, -0.1) is 0 Å². The minimum atomic E-state index is -0.215. The lowest BCUT2D eigenvalue weighted by Crippen LogP contribution is -2.21. The van der Waals surface area contributed by atoms with Gasteiger partial charge in [0.1, 0.15) is 5.82 Å². The lowest BCUT2D eigenvalue weighted by Gasteiger charge is -2.09. The van der Waals surface area contributed by atoms with Gasteiger partial charge in [0, 0.05) is 36.1 Å². The third kappa shape index (κ3) is 3.14. The van der Waals surface area contributed by atoms with E-state index in [0.717, 1.165) is 17.7 Å². The second kappa shape index (κ2) is 5.74. The zero-order valence-corrected chi connectivity index (χ0v) is 10.7. The fourth-order valence-electron chi connectivity index (χ4n) is 1.75. The molecule has 0 saturated carbocycles. The minimum absolute atomic E-state index is 0.215. The Morgan fingerprint density at radius 3 is 2.72 bits per heavy atom. The van der Waals surface area contributed by atoms with Crippen molar-refractivity contribution in [3.05, 3.63) is 54.1 Å². The van der Waals surface area contributed by atoms with E-state index in [0.29, 0.717) is 11.6 Å². The van der Waals surface area contributed by atoms with Crippen LogP contribution in [0.3, 0.4) is 0 Å². The minimum Gasteiger partial charge on any atom is -0.310 e. The normalized spacial score (nSPS) is 10.9. The highest BCUT2D eigenvalue weighted by Gasteiger charge is 2.05. The number of hydrogen-bond acceptors (Lipinski definition) is 2. The molecule has 0 atom stereocenters. The topological polar surface area (TPSA) is 24.9 Å². The molecule has 0 saturated heterocycles. The fraction of sp³-hybridized carbons (Fsp3) is 0.267. The molecule has 0 aliphatic heterocycles. The summed E-state index contributed by atoms with van der Waals surface area (Å²) < 4.78 is 13.7. The number of benzene rings is 1. The summed E-state index contributed by atoms with van der Waals surface area (Å²) in [5.74, 6) is -0.215. The van der Waals surface area contributed by atoms with E-state index in [1.54, 1.807) is 24.5 Å². The molecule has 0 aliphatic carbocycles. The van der Waals surface area contributed by atoms with Crippen molar-refractivity contribution >= 4 is 0 Å². The summed E-state index contributed by atoms with van der Waals surface area (Å²) in [5, 5.41) is 3.32. The first kappa shape index (κ1) is 12.7. The third-order valence-corrected chi connectivity index (χ3v) is 2.69. The Balaban J connectivity index is 2.25. The largest absolute Gasteiger partial charge is 0.310 e. The molecule has 1 heterocycles. The van der Waals surface area contributed by atoms with Crippen molar-refractivity contribution in [1.29, 1.82) is 0 Å². The highest BCUT2D eigenvalue weighted by molar-refractivity contribution is 5.63. The Kier molecular flexibility index (Phi) is 4.05. The van der Waals surface area contributed by atoms with Gasteiger partial charge in [-0.05, 0) is 17.7 Å². The standard InChI is InChI=1S/C15H17FN2/c1-11(2)18-9-12-7-13(10-17-8-12)14-5-3-4-6-15(14)16/h3-8,10-11,18H,9H2,1-2H3. The van der Waals surface area contributed by atoms with Gasteiger partial charge in [0.2, 0.25) is 0 Å². The summed E-state index contributed by atoms with van der Waals surface area (Å²) in [7, 11) is 0. The SMILES string of the molecule is CC(C)NCc1cncc(-c2ccccc2F)c1. The van der Waals surface area contributed by atoms with Crippen LogP contribution in [0.1, 0.15) is 19.4 Å². The molecule has 0 aliphatic rings. The van der Waals surface area contributed by atoms with E-state index in [2.05, 4.69) is 24.1 Å². The van der Waals surface area contributed by atoms with Crippen molar-refractivity contribution in [1.82, 2.24) is 10.3 Å². The molecule has 3 heteroatoms. The number of hydrogen-bond donors (Lipinski definition) is 1. The Morgan fingerprint density at radius 1 is 1.22 bits per heavy atom. The van der Waals surface area contributed by atoms with Gasteiger partial charge in [0.05, 0.1) is 0 Å². The van der Waals surface area contributed by atoms with Crippen molar-refractivity contribution in [2.24, 2.45) is 0 Å². The highest BCUT2D eigenvalue weighted by Crippen LogP contribution is 2.22. The maximum Gasteiger partial charge on any atom is 0.131 e. The molecule has 18 heavy (non-hydrogen) atoms. The number of halogens is 1. The fourth-order valence-corrected chi connectivity index (χ4v) is 1.75. The van der Waals surface area contributed by atoms with Crippen molar-refractivity contribution in [2.45, 2.75) is 26.4 Å². The first-order chi connectivity index (χ1) is 8.66.